The number of piperazine rings is 1. The van der Waals surface area contributed by atoms with Gasteiger partial charge in [0.2, 0.25) is 5.88 Å². The van der Waals surface area contributed by atoms with Crippen molar-refractivity contribution in [2.45, 2.75) is 19.9 Å². The molecule has 1 saturated heterocycles. The average Bonchev–Trinajstić information content (AvgIpc) is 2.95. The Morgan fingerprint density at radius 3 is 2.52 bits per heavy atom. The van der Waals surface area contributed by atoms with E-state index < -0.39 is 0 Å². The Morgan fingerprint density at radius 2 is 1.83 bits per heavy atom. The minimum Gasteiger partial charge on any atom is -0.495 e. The fourth-order valence-corrected chi connectivity index (χ4v) is 3.87. The number of aromatic nitrogens is 1. The van der Waals surface area contributed by atoms with Gasteiger partial charge >= 0.3 is 0 Å². The van der Waals surface area contributed by atoms with Crippen molar-refractivity contribution in [1.29, 1.82) is 0 Å². The van der Waals surface area contributed by atoms with Gasteiger partial charge in [-0.1, -0.05) is 18.2 Å². The molecule has 0 bridgehead atoms. The Hall–Kier alpha value is -2.80. The van der Waals surface area contributed by atoms with Crippen LogP contribution in [-0.4, -0.2) is 66.1 Å². The lowest BCUT2D eigenvalue weighted by Gasteiger charge is -2.36. The highest BCUT2D eigenvalue weighted by Crippen LogP contribution is 2.37. The molecule has 2 aromatic rings. The summed E-state index contributed by atoms with van der Waals surface area (Å²) >= 11 is 0. The number of anilines is 2. The number of hydrogen-bond donors (Lipinski definition) is 3. The first-order valence-corrected chi connectivity index (χ1v) is 10.1. The van der Waals surface area contributed by atoms with Crippen LogP contribution in [0.1, 0.15) is 12.0 Å². The molecule has 3 N–H and O–H groups in total. The summed E-state index contributed by atoms with van der Waals surface area (Å²) in [6.45, 7) is 11.4. The summed E-state index contributed by atoms with van der Waals surface area (Å²) < 4.78 is 7.06. The van der Waals surface area contributed by atoms with Crippen LogP contribution in [0.25, 0.3) is 0 Å². The van der Waals surface area contributed by atoms with Gasteiger partial charge in [0.25, 0.3) is 0 Å². The third kappa shape index (κ3) is 4.62. The first-order chi connectivity index (χ1) is 14.1. The number of methoxy groups -OCH3 is 1. The van der Waals surface area contributed by atoms with Crippen molar-refractivity contribution < 1.29 is 14.9 Å². The number of para-hydroxylation sites is 2. The van der Waals surface area contributed by atoms with Crippen LogP contribution in [0.4, 0.5) is 11.4 Å². The molecule has 29 heavy (non-hydrogen) atoms. The number of rotatable bonds is 9. The summed E-state index contributed by atoms with van der Waals surface area (Å²) in [5.74, 6) is 1.12. The molecular weight excluding hydrogens is 368 g/mol. The van der Waals surface area contributed by atoms with Crippen molar-refractivity contribution in [3.05, 3.63) is 42.5 Å². The van der Waals surface area contributed by atoms with E-state index in [2.05, 4.69) is 27.8 Å². The standard InChI is InChI=1S/C22H32N4O3/c1-4-10-23-20-17(2)21(27)26(22(20)28)12-7-11-24-13-15-25(16-14-24)18-8-5-6-9-19(18)29-3/h4-6,8-9,23,27-28H,1,7,10-16H2,2-3H3. The van der Waals surface area contributed by atoms with E-state index in [9.17, 15) is 10.2 Å². The smallest absolute Gasteiger partial charge is 0.218 e. The molecule has 7 nitrogen and oxygen atoms in total. The van der Waals surface area contributed by atoms with Gasteiger partial charge in [-0.05, 0) is 32.0 Å². The molecule has 0 saturated carbocycles. The van der Waals surface area contributed by atoms with E-state index in [1.807, 2.05) is 18.2 Å². The quantitative estimate of drug-likeness (QED) is 0.562. The van der Waals surface area contributed by atoms with Crippen molar-refractivity contribution in [3.8, 4) is 17.5 Å². The third-order valence-corrected chi connectivity index (χ3v) is 5.52. The van der Waals surface area contributed by atoms with Gasteiger partial charge in [-0.2, -0.15) is 0 Å². The van der Waals surface area contributed by atoms with Crippen molar-refractivity contribution in [3.63, 3.8) is 0 Å². The van der Waals surface area contributed by atoms with E-state index in [0.717, 1.165) is 50.6 Å². The topological polar surface area (TPSA) is 73.1 Å². The molecule has 1 aliphatic rings. The van der Waals surface area contributed by atoms with Crippen LogP contribution in [0.15, 0.2) is 36.9 Å². The van der Waals surface area contributed by atoms with Gasteiger partial charge in [-0.25, -0.2) is 0 Å². The molecular formula is C22H32N4O3. The molecule has 1 aliphatic heterocycles. The Labute approximate surface area is 172 Å². The molecule has 0 atom stereocenters. The molecule has 7 heteroatoms. The lowest BCUT2D eigenvalue weighted by molar-refractivity contribution is 0.246. The highest BCUT2D eigenvalue weighted by atomic mass is 16.5. The van der Waals surface area contributed by atoms with Gasteiger partial charge < -0.3 is 25.2 Å². The molecule has 0 spiro atoms. The molecule has 1 aromatic carbocycles. The van der Waals surface area contributed by atoms with Crippen LogP contribution in [0, 0.1) is 6.92 Å². The summed E-state index contributed by atoms with van der Waals surface area (Å²) in [5, 5.41) is 23.9. The number of nitrogens with one attached hydrogen (secondary N) is 1. The molecule has 1 fully saturated rings. The summed E-state index contributed by atoms with van der Waals surface area (Å²) in [6.07, 6.45) is 2.57. The summed E-state index contributed by atoms with van der Waals surface area (Å²) in [4.78, 5) is 4.78. The molecule has 3 rings (SSSR count). The number of hydrogen-bond acceptors (Lipinski definition) is 6. The Morgan fingerprint density at radius 1 is 1.10 bits per heavy atom. The molecule has 1 aromatic heterocycles. The van der Waals surface area contributed by atoms with Crippen LogP contribution in [0.3, 0.4) is 0 Å². The fourth-order valence-electron chi connectivity index (χ4n) is 3.87. The molecule has 0 unspecified atom stereocenters. The zero-order chi connectivity index (χ0) is 20.8. The normalized spacial score (nSPS) is 14.8. The number of aromatic hydroxyl groups is 2. The molecule has 2 heterocycles. The minimum atomic E-state index is 0.0860. The maximum absolute atomic E-state index is 10.4. The lowest BCUT2D eigenvalue weighted by Crippen LogP contribution is -2.46. The summed E-state index contributed by atoms with van der Waals surface area (Å²) in [6, 6.07) is 8.13. The van der Waals surface area contributed by atoms with E-state index in [1.54, 1.807) is 24.7 Å². The zero-order valence-electron chi connectivity index (χ0n) is 17.4. The van der Waals surface area contributed by atoms with Crippen LogP contribution >= 0.6 is 0 Å². The van der Waals surface area contributed by atoms with Gasteiger partial charge in [0.1, 0.15) is 11.4 Å². The van der Waals surface area contributed by atoms with Crippen molar-refractivity contribution in [1.82, 2.24) is 9.47 Å². The van der Waals surface area contributed by atoms with Crippen LogP contribution in [0.5, 0.6) is 17.5 Å². The maximum atomic E-state index is 10.4. The Balaban J connectivity index is 1.51. The van der Waals surface area contributed by atoms with E-state index in [4.69, 9.17) is 4.74 Å². The summed E-state index contributed by atoms with van der Waals surface area (Å²) in [5.41, 5.74) is 2.38. The number of ether oxygens (including phenoxy) is 1. The van der Waals surface area contributed by atoms with Gasteiger partial charge in [0.15, 0.2) is 5.88 Å². The fraction of sp³-hybridized carbons (Fsp3) is 0.455. The SMILES string of the molecule is C=CCNc1c(C)c(O)n(CCCN2CCN(c3ccccc3OC)CC2)c1O. The average molecular weight is 401 g/mol. The van der Waals surface area contributed by atoms with Gasteiger partial charge in [-0.3, -0.25) is 9.47 Å². The van der Waals surface area contributed by atoms with Crippen LogP contribution < -0.4 is 15.0 Å². The van der Waals surface area contributed by atoms with E-state index >= 15 is 0 Å². The molecule has 0 radical (unpaired) electrons. The predicted molar refractivity (Wildman–Crippen MR) is 117 cm³/mol. The summed E-state index contributed by atoms with van der Waals surface area (Å²) in [7, 11) is 1.71. The van der Waals surface area contributed by atoms with Gasteiger partial charge in [0.05, 0.1) is 12.8 Å². The lowest BCUT2D eigenvalue weighted by atomic mass is 10.2. The largest absolute Gasteiger partial charge is 0.495 e. The first kappa shape index (κ1) is 20.9. The van der Waals surface area contributed by atoms with Crippen molar-refractivity contribution in [2.75, 3.05) is 56.6 Å². The predicted octanol–water partition coefficient (Wildman–Crippen LogP) is 3.03. The van der Waals surface area contributed by atoms with Crippen LogP contribution in [0.2, 0.25) is 0 Å². The minimum absolute atomic E-state index is 0.0860. The van der Waals surface area contributed by atoms with Crippen LogP contribution in [-0.2, 0) is 6.54 Å². The van der Waals surface area contributed by atoms with E-state index in [1.165, 1.54) is 0 Å². The second kappa shape index (κ2) is 9.60. The van der Waals surface area contributed by atoms with E-state index in [0.29, 0.717) is 24.3 Å². The monoisotopic (exact) mass is 400 g/mol. The van der Waals surface area contributed by atoms with Crippen molar-refractivity contribution >= 4 is 11.4 Å². The highest BCUT2D eigenvalue weighted by molar-refractivity contribution is 5.64. The van der Waals surface area contributed by atoms with Crippen molar-refractivity contribution in [2.24, 2.45) is 0 Å². The molecule has 0 amide bonds. The van der Waals surface area contributed by atoms with E-state index in [-0.39, 0.29) is 11.8 Å². The van der Waals surface area contributed by atoms with Gasteiger partial charge in [0, 0.05) is 44.8 Å². The Kier molecular flexibility index (Phi) is 6.93. The third-order valence-electron chi connectivity index (χ3n) is 5.52. The number of nitrogens with zero attached hydrogens (tertiary/aromatic N) is 3. The Bertz CT molecular complexity index is 826. The maximum Gasteiger partial charge on any atom is 0.218 e. The molecule has 0 aliphatic carbocycles. The second-order valence-corrected chi connectivity index (χ2v) is 7.32. The molecule has 158 valence electrons. The zero-order valence-corrected chi connectivity index (χ0v) is 17.4. The van der Waals surface area contributed by atoms with Gasteiger partial charge in [-0.15, -0.1) is 6.58 Å². The number of benzene rings is 1. The first-order valence-electron chi connectivity index (χ1n) is 10.1. The second-order valence-electron chi connectivity index (χ2n) is 7.32. The highest BCUT2D eigenvalue weighted by Gasteiger charge is 2.21.